The highest BCUT2D eigenvalue weighted by Crippen LogP contribution is 2.24. The van der Waals surface area contributed by atoms with Gasteiger partial charge >= 0.3 is 0 Å². The van der Waals surface area contributed by atoms with Crippen molar-refractivity contribution in [2.45, 2.75) is 12.6 Å². The molecular formula is C13H17N3O2S. The van der Waals surface area contributed by atoms with Crippen molar-refractivity contribution in [2.24, 2.45) is 5.73 Å². The molecule has 19 heavy (non-hydrogen) atoms. The number of nitrogens with zero attached hydrogens (tertiary/aromatic N) is 2. The molecule has 102 valence electrons. The maximum absolute atomic E-state index is 5.65. The second-order valence-corrected chi connectivity index (χ2v) is 5.44. The lowest BCUT2D eigenvalue weighted by atomic mass is 10.2. The molecule has 0 aromatic carbocycles. The second-order valence-electron chi connectivity index (χ2n) is 4.58. The van der Waals surface area contributed by atoms with Crippen LogP contribution in [0.25, 0.3) is 10.8 Å². The summed E-state index contributed by atoms with van der Waals surface area (Å²) in [5, 5.41) is 3.02. The fraction of sp³-hybridized carbons (Fsp3) is 0.462. The van der Waals surface area contributed by atoms with Crippen molar-refractivity contribution >= 4 is 11.3 Å². The van der Waals surface area contributed by atoms with Crippen LogP contribution in [-0.2, 0) is 11.3 Å². The summed E-state index contributed by atoms with van der Waals surface area (Å²) < 4.78 is 10.9. The molecule has 3 heterocycles. The molecule has 3 rings (SSSR count). The molecule has 1 fully saturated rings. The normalized spacial score (nSPS) is 20.8. The molecule has 0 spiro atoms. The Kier molecular flexibility index (Phi) is 3.93. The molecule has 6 heteroatoms. The van der Waals surface area contributed by atoms with Crippen LogP contribution in [0.3, 0.4) is 0 Å². The van der Waals surface area contributed by atoms with Crippen molar-refractivity contribution in [3.05, 3.63) is 29.5 Å². The van der Waals surface area contributed by atoms with Crippen LogP contribution in [0.4, 0.5) is 0 Å². The van der Waals surface area contributed by atoms with Gasteiger partial charge in [-0.1, -0.05) is 0 Å². The lowest BCUT2D eigenvalue weighted by Gasteiger charge is -2.31. The second kappa shape index (κ2) is 5.83. The van der Waals surface area contributed by atoms with Gasteiger partial charge in [-0.3, -0.25) is 4.90 Å². The number of hydrogen-bond donors (Lipinski definition) is 1. The highest BCUT2D eigenvalue weighted by atomic mass is 32.1. The number of hydrogen-bond acceptors (Lipinski definition) is 6. The van der Waals surface area contributed by atoms with E-state index in [2.05, 4.69) is 15.3 Å². The molecule has 1 aliphatic rings. The van der Waals surface area contributed by atoms with Crippen LogP contribution in [0.15, 0.2) is 28.2 Å². The highest BCUT2D eigenvalue weighted by Gasteiger charge is 2.20. The van der Waals surface area contributed by atoms with Gasteiger partial charge in [-0.2, -0.15) is 0 Å². The van der Waals surface area contributed by atoms with Gasteiger partial charge in [0.25, 0.3) is 0 Å². The third kappa shape index (κ3) is 3.03. The number of morpholine rings is 1. The molecule has 0 aliphatic carbocycles. The summed E-state index contributed by atoms with van der Waals surface area (Å²) in [4.78, 5) is 6.94. The minimum atomic E-state index is 0.150. The molecule has 0 bridgehead atoms. The molecule has 1 saturated heterocycles. The molecule has 0 saturated carbocycles. The Morgan fingerprint density at radius 2 is 2.47 bits per heavy atom. The van der Waals surface area contributed by atoms with Gasteiger partial charge in [-0.05, 0) is 12.1 Å². The molecule has 0 amide bonds. The van der Waals surface area contributed by atoms with Gasteiger partial charge in [0.15, 0.2) is 10.8 Å². The van der Waals surface area contributed by atoms with E-state index in [9.17, 15) is 0 Å². The van der Waals surface area contributed by atoms with Crippen LogP contribution in [0, 0.1) is 0 Å². The summed E-state index contributed by atoms with van der Waals surface area (Å²) in [6.07, 6.45) is 1.82. The van der Waals surface area contributed by atoms with E-state index < -0.39 is 0 Å². The molecule has 0 radical (unpaired) electrons. The first kappa shape index (κ1) is 12.8. The zero-order valence-corrected chi connectivity index (χ0v) is 11.4. The predicted octanol–water partition coefficient (Wildman–Crippen LogP) is 1.56. The van der Waals surface area contributed by atoms with Gasteiger partial charge in [-0.15, -0.1) is 11.3 Å². The maximum Gasteiger partial charge on any atom is 0.162 e. The van der Waals surface area contributed by atoms with Gasteiger partial charge in [0.2, 0.25) is 0 Å². The average Bonchev–Trinajstić information content (AvgIpc) is 3.09. The van der Waals surface area contributed by atoms with Crippen LogP contribution < -0.4 is 5.73 Å². The first-order valence-electron chi connectivity index (χ1n) is 6.37. The summed E-state index contributed by atoms with van der Waals surface area (Å²) in [6.45, 7) is 3.98. The standard InChI is InChI=1S/C13H17N3O2S/c14-6-11-8-16(3-5-17-11)7-10-9-19-13(15-10)12-2-1-4-18-12/h1-2,4,9,11H,3,5-8,14H2. The van der Waals surface area contributed by atoms with Crippen molar-refractivity contribution in [2.75, 3.05) is 26.2 Å². The van der Waals surface area contributed by atoms with E-state index in [0.29, 0.717) is 6.54 Å². The Hall–Kier alpha value is -1.21. The van der Waals surface area contributed by atoms with Crippen LogP contribution in [0.2, 0.25) is 0 Å². The summed E-state index contributed by atoms with van der Waals surface area (Å²) in [5.41, 5.74) is 6.73. The summed E-state index contributed by atoms with van der Waals surface area (Å²) in [5.74, 6) is 0.832. The quantitative estimate of drug-likeness (QED) is 0.920. The van der Waals surface area contributed by atoms with Crippen molar-refractivity contribution in [1.29, 1.82) is 0 Å². The fourth-order valence-electron chi connectivity index (χ4n) is 2.19. The van der Waals surface area contributed by atoms with Gasteiger partial charge in [0.05, 0.1) is 24.7 Å². The van der Waals surface area contributed by atoms with Gasteiger partial charge in [0, 0.05) is 31.6 Å². The Bertz CT molecular complexity index is 512. The summed E-state index contributed by atoms with van der Waals surface area (Å²) in [7, 11) is 0. The third-order valence-corrected chi connectivity index (χ3v) is 4.06. The van der Waals surface area contributed by atoms with Crippen molar-refractivity contribution in [3.8, 4) is 10.8 Å². The summed E-state index contributed by atoms with van der Waals surface area (Å²) >= 11 is 1.61. The molecule has 5 nitrogen and oxygen atoms in total. The SMILES string of the molecule is NCC1CN(Cc2csc(-c3ccco3)n2)CCO1. The predicted molar refractivity (Wildman–Crippen MR) is 73.9 cm³/mol. The Labute approximate surface area is 116 Å². The molecule has 1 unspecified atom stereocenters. The van der Waals surface area contributed by atoms with E-state index in [-0.39, 0.29) is 6.10 Å². The molecular weight excluding hydrogens is 262 g/mol. The van der Waals surface area contributed by atoms with Crippen molar-refractivity contribution in [1.82, 2.24) is 9.88 Å². The number of aromatic nitrogens is 1. The molecule has 2 N–H and O–H groups in total. The highest BCUT2D eigenvalue weighted by molar-refractivity contribution is 7.13. The minimum absolute atomic E-state index is 0.150. The van der Waals surface area contributed by atoms with Crippen LogP contribution >= 0.6 is 11.3 Å². The molecule has 1 aliphatic heterocycles. The Morgan fingerprint density at radius 1 is 1.53 bits per heavy atom. The zero-order valence-electron chi connectivity index (χ0n) is 10.6. The largest absolute Gasteiger partial charge is 0.462 e. The minimum Gasteiger partial charge on any atom is -0.462 e. The van der Waals surface area contributed by atoms with Gasteiger partial charge < -0.3 is 14.9 Å². The van der Waals surface area contributed by atoms with Gasteiger partial charge in [-0.25, -0.2) is 4.98 Å². The molecule has 2 aromatic rings. The molecule has 1 atom stereocenters. The van der Waals surface area contributed by atoms with Crippen LogP contribution in [0.1, 0.15) is 5.69 Å². The van der Waals surface area contributed by atoms with E-state index in [1.807, 2.05) is 12.1 Å². The van der Waals surface area contributed by atoms with E-state index in [1.165, 1.54) is 0 Å². The molecule has 2 aromatic heterocycles. The van der Waals surface area contributed by atoms with Gasteiger partial charge in [0.1, 0.15) is 0 Å². The van der Waals surface area contributed by atoms with E-state index in [1.54, 1.807) is 17.6 Å². The smallest absolute Gasteiger partial charge is 0.162 e. The number of nitrogens with two attached hydrogens (primary N) is 1. The maximum atomic E-state index is 5.65. The lowest BCUT2D eigenvalue weighted by molar-refractivity contribution is -0.0263. The van der Waals surface area contributed by atoms with Crippen LogP contribution in [0.5, 0.6) is 0 Å². The number of thiazole rings is 1. The first-order valence-corrected chi connectivity index (χ1v) is 7.25. The third-order valence-electron chi connectivity index (χ3n) is 3.16. The first-order chi connectivity index (χ1) is 9.35. The Balaban J connectivity index is 1.64. The van der Waals surface area contributed by atoms with Crippen molar-refractivity contribution in [3.63, 3.8) is 0 Å². The topological polar surface area (TPSA) is 64.5 Å². The van der Waals surface area contributed by atoms with Crippen LogP contribution in [-0.4, -0.2) is 42.2 Å². The number of ether oxygens (including phenoxy) is 1. The average molecular weight is 279 g/mol. The summed E-state index contributed by atoms with van der Waals surface area (Å²) in [6, 6.07) is 3.81. The lowest BCUT2D eigenvalue weighted by Crippen LogP contribution is -2.45. The van der Waals surface area contributed by atoms with E-state index in [0.717, 1.165) is 42.7 Å². The Morgan fingerprint density at radius 3 is 3.26 bits per heavy atom. The number of furan rings is 1. The van der Waals surface area contributed by atoms with E-state index >= 15 is 0 Å². The number of rotatable bonds is 4. The zero-order chi connectivity index (χ0) is 13.1. The van der Waals surface area contributed by atoms with E-state index in [4.69, 9.17) is 14.9 Å². The fourth-order valence-corrected chi connectivity index (χ4v) is 2.97. The monoisotopic (exact) mass is 279 g/mol. The van der Waals surface area contributed by atoms with Crippen molar-refractivity contribution < 1.29 is 9.15 Å².